The molecule has 2 heterocycles. The van der Waals surface area contributed by atoms with Crippen LogP contribution in [0.15, 0.2) is 18.2 Å². The molecule has 0 fully saturated rings. The van der Waals surface area contributed by atoms with Crippen molar-refractivity contribution in [3.05, 3.63) is 28.9 Å². The van der Waals surface area contributed by atoms with E-state index in [4.69, 9.17) is 21.1 Å². The first-order valence-electron chi connectivity index (χ1n) is 16.9. The lowest BCUT2D eigenvalue weighted by Crippen LogP contribution is -2.15. The zero-order valence-electron chi connectivity index (χ0n) is 28.1. The van der Waals surface area contributed by atoms with Gasteiger partial charge in [-0.2, -0.15) is 4.63 Å². The lowest BCUT2D eigenvalue weighted by Gasteiger charge is -2.16. The van der Waals surface area contributed by atoms with Gasteiger partial charge < -0.3 is 14.8 Å². The Morgan fingerprint density at radius 1 is 0.911 bits per heavy atom. The second-order valence-corrected chi connectivity index (χ2v) is 13.4. The van der Waals surface area contributed by atoms with Crippen LogP contribution >= 0.6 is 11.6 Å². The van der Waals surface area contributed by atoms with Crippen molar-refractivity contribution in [1.29, 1.82) is 0 Å². The molecule has 0 spiro atoms. The van der Waals surface area contributed by atoms with Gasteiger partial charge in [0.2, 0.25) is 5.91 Å². The Balaban J connectivity index is 1.33. The summed E-state index contributed by atoms with van der Waals surface area (Å²) in [6, 6.07) is 5.31. The van der Waals surface area contributed by atoms with Crippen molar-refractivity contribution in [2.45, 2.75) is 136 Å². The van der Waals surface area contributed by atoms with Crippen LogP contribution in [0.3, 0.4) is 0 Å². The summed E-state index contributed by atoms with van der Waals surface area (Å²) in [5, 5.41) is 11.1. The van der Waals surface area contributed by atoms with Gasteiger partial charge >= 0.3 is 5.97 Å². The third-order valence-corrected chi connectivity index (χ3v) is 8.40. The molecule has 3 rings (SSSR count). The molecule has 9 nitrogen and oxygen atoms in total. The fraction of sp³-hybridized carbons (Fsp3) is 0.657. The van der Waals surface area contributed by atoms with Crippen LogP contribution in [0.4, 0.5) is 5.69 Å². The van der Waals surface area contributed by atoms with Gasteiger partial charge in [-0.25, -0.2) is 4.98 Å². The van der Waals surface area contributed by atoms with Crippen LogP contribution in [0.25, 0.3) is 17.0 Å². The fourth-order valence-electron chi connectivity index (χ4n) is 5.35. The first-order chi connectivity index (χ1) is 21.6. The van der Waals surface area contributed by atoms with Crippen LogP contribution in [0.1, 0.15) is 136 Å². The van der Waals surface area contributed by atoms with E-state index in [2.05, 4.69) is 48.2 Å². The van der Waals surface area contributed by atoms with Crippen LogP contribution in [0.5, 0.6) is 5.75 Å². The number of hydrogen-bond acceptors (Lipinski definition) is 6. The molecule has 1 amide bonds. The topological polar surface area (TPSA) is 111 Å². The number of amides is 1. The van der Waals surface area contributed by atoms with Crippen molar-refractivity contribution >= 4 is 34.8 Å². The normalized spacial score (nSPS) is 11.7. The number of nitrogens with one attached hydrogen (secondary N) is 2. The van der Waals surface area contributed by atoms with Gasteiger partial charge in [0, 0.05) is 17.4 Å². The molecule has 45 heavy (non-hydrogen) atoms. The number of fused-ring (bicyclic) bond motifs is 1. The molecule has 2 aromatic heterocycles. The SMILES string of the molecule is CCCCCCCCCCCCCCCCOC(=O)CCC(=O)Nc1cc(-c2nc3c(Cl)c(C(C)(C)C)[nH]n3n2)ccc1OC. The molecule has 0 saturated heterocycles. The van der Waals surface area contributed by atoms with E-state index in [9.17, 15) is 9.59 Å². The van der Waals surface area contributed by atoms with E-state index in [0.29, 0.717) is 40.1 Å². The van der Waals surface area contributed by atoms with Gasteiger partial charge in [0.15, 0.2) is 11.5 Å². The molecular formula is C35H54ClN5O4. The highest BCUT2D eigenvalue weighted by molar-refractivity contribution is 6.34. The molecule has 0 atom stereocenters. The van der Waals surface area contributed by atoms with Crippen molar-refractivity contribution in [2.75, 3.05) is 19.0 Å². The standard InChI is InChI=1S/C35H54ClN5O4/c1-6-7-8-9-10-11-12-13-14-15-16-17-18-19-24-45-30(43)23-22-29(42)37-27-25-26(20-21-28(27)44-5)33-38-34-31(36)32(35(2,3)4)39-41(34)40-33/h20-21,25,39H,6-19,22-24H2,1-5H3,(H,37,42). The van der Waals surface area contributed by atoms with Gasteiger partial charge in [0.1, 0.15) is 10.8 Å². The third kappa shape index (κ3) is 12.0. The van der Waals surface area contributed by atoms with Crippen molar-refractivity contribution in [3.63, 3.8) is 0 Å². The van der Waals surface area contributed by atoms with Gasteiger partial charge in [0.25, 0.3) is 0 Å². The quantitative estimate of drug-likeness (QED) is 0.0883. The summed E-state index contributed by atoms with van der Waals surface area (Å²) in [4.78, 5) is 29.5. The highest BCUT2D eigenvalue weighted by Gasteiger charge is 2.24. The summed E-state index contributed by atoms with van der Waals surface area (Å²) in [5.41, 5.74) is 2.35. The van der Waals surface area contributed by atoms with Crippen LogP contribution < -0.4 is 10.1 Å². The number of benzene rings is 1. The number of halogens is 1. The van der Waals surface area contributed by atoms with Crippen LogP contribution in [-0.2, 0) is 19.7 Å². The molecule has 0 unspecified atom stereocenters. The second kappa shape index (κ2) is 18.8. The van der Waals surface area contributed by atoms with E-state index in [0.717, 1.165) is 18.5 Å². The third-order valence-electron chi connectivity index (χ3n) is 8.04. The number of anilines is 1. The summed E-state index contributed by atoms with van der Waals surface area (Å²) in [6.45, 7) is 8.85. The first kappa shape index (κ1) is 36.4. The van der Waals surface area contributed by atoms with Gasteiger partial charge in [-0.05, 0) is 24.6 Å². The number of ether oxygens (including phenoxy) is 2. The molecule has 250 valence electrons. The van der Waals surface area contributed by atoms with Gasteiger partial charge in [-0.3, -0.25) is 14.7 Å². The van der Waals surface area contributed by atoms with Gasteiger partial charge in [0.05, 0.1) is 31.5 Å². The van der Waals surface area contributed by atoms with E-state index in [1.54, 1.807) is 16.8 Å². The molecule has 0 aliphatic carbocycles. The van der Waals surface area contributed by atoms with Gasteiger partial charge in [-0.15, -0.1) is 5.10 Å². The number of methoxy groups -OCH3 is 1. The number of carbonyl (C=O) groups is 2. The minimum atomic E-state index is -0.357. The predicted molar refractivity (Wildman–Crippen MR) is 182 cm³/mol. The average molecular weight is 644 g/mol. The van der Waals surface area contributed by atoms with Crippen LogP contribution in [0, 0.1) is 0 Å². The average Bonchev–Trinajstić information content (AvgIpc) is 3.57. The van der Waals surface area contributed by atoms with Gasteiger partial charge in [-0.1, -0.05) is 123 Å². The Kier molecular flexibility index (Phi) is 15.2. The number of nitrogens with zero attached hydrogens (tertiary/aromatic N) is 3. The summed E-state index contributed by atoms with van der Waals surface area (Å²) < 4.78 is 12.4. The molecule has 2 N–H and O–H groups in total. The second-order valence-electron chi connectivity index (χ2n) is 13.0. The van der Waals surface area contributed by atoms with Crippen LogP contribution in [-0.4, -0.2) is 45.4 Å². The lowest BCUT2D eigenvalue weighted by atomic mass is 9.92. The largest absolute Gasteiger partial charge is 0.495 e. The number of unbranched alkanes of at least 4 members (excludes halogenated alkanes) is 13. The van der Waals surface area contributed by atoms with E-state index >= 15 is 0 Å². The number of aromatic amines is 1. The highest BCUT2D eigenvalue weighted by atomic mass is 35.5. The number of esters is 1. The smallest absolute Gasteiger partial charge is 0.306 e. The van der Waals surface area contributed by atoms with Crippen molar-refractivity contribution < 1.29 is 19.1 Å². The first-order valence-corrected chi connectivity index (χ1v) is 17.3. The molecule has 0 radical (unpaired) electrons. The zero-order chi connectivity index (χ0) is 32.7. The summed E-state index contributed by atoms with van der Waals surface area (Å²) >= 11 is 6.58. The van der Waals surface area contributed by atoms with Crippen molar-refractivity contribution in [2.24, 2.45) is 0 Å². The number of rotatable bonds is 21. The van der Waals surface area contributed by atoms with E-state index in [1.807, 2.05) is 6.07 Å². The highest BCUT2D eigenvalue weighted by Crippen LogP contribution is 2.33. The fourth-order valence-corrected chi connectivity index (χ4v) is 5.79. The molecule has 0 aliphatic heterocycles. The number of aromatic nitrogens is 4. The summed E-state index contributed by atoms with van der Waals surface area (Å²) in [5.74, 6) is 0.283. The lowest BCUT2D eigenvalue weighted by molar-refractivity contribution is -0.144. The maximum Gasteiger partial charge on any atom is 0.306 e. The molecule has 10 heteroatoms. The van der Waals surface area contributed by atoms with E-state index in [1.165, 1.54) is 84.2 Å². The minimum absolute atomic E-state index is 0.0158. The predicted octanol–water partition coefficient (Wildman–Crippen LogP) is 9.43. The molecule has 0 bridgehead atoms. The minimum Gasteiger partial charge on any atom is -0.495 e. The maximum absolute atomic E-state index is 12.7. The Morgan fingerprint density at radius 3 is 2.07 bits per heavy atom. The van der Waals surface area contributed by atoms with E-state index < -0.39 is 0 Å². The number of H-pyrrole nitrogens is 1. The zero-order valence-corrected chi connectivity index (χ0v) is 28.9. The molecule has 0 saturated carbocycles. The Hall–Kier alpha value is -3.07. The molecule has 0 aliphatic rings. The molecule has 3 aromatic rings. The monoisotopic (exact) mass is 643 g/mol. The Morgan fingerprint density at radius 2 is 1.51 bits per heavy atom. The Bertz CT molecular complexity index is 1340. The number of hydrogen-bond donors (Lipinski definition) is 2. The maximum atomic E-state index is 12.7. The molecular weight excluding hydrogens is 590 g/mol. The van der Waals surface area contributed by atoms with E-state index in [-0.39, 0.29) is 30.1 Å². The number of carbonyl (C=O) groups excluding carboxylic acids is 2. The van der Waals surface area contributed by atoms with Crippen molar-refractivity contribution in [1.82, 2.24) is 19.8 Å². The summed E-state index contributed by atoms with van der Waals surface area (Å²) in [7, 11) is 1.53. The Labute approximate surface area is 274 Å². The summed E-state index contributed by atoms with van der Waals surface area (Å²) in [6.07, 6.45) is 18.0. The molecule has 1 aromatic carbocycles. The van der Waals surface area contributed by atoms with Crippen LogP contribution in [0.2, 0.25) is 5.02 Å². The van der Waals surface area contributed by atoms with Crippen molar-refractivity contribution in [3.8, 4) is 17.1 Å².